The molecular weight excluding hydrogens is 408 g/mol. The molecular formula is C23H24N6OS. The fraction of sp³-hybridized carbons (Fsp3) is 0.304. The van der Waals surface area contributed by atoms with Crippen molar-refractivity contribution >= 4 is 33.6 Å². The molecule has 0 unspecified atom stereocenters. The highest BCUT2D eigenvalue weighted by molar-refractivity contribution is 7.19. The number of carbonyl (C=O) groups excluding carboxylic acids is 1. The first kappa shape index (κ1) is 20.8. The van der Waals surface area contributed by atoms with Gasteiger partial charge in [-0.1, -0.05) is 48.6 Å². The van der Waals surface area contributed by atoms with Gasteiger partial charge in [-0.25, -0.2) is 0 Å². The van der Waals surface area contributed by atoms with Crippen LogP contribution in [0.1, 0.15) is 31.0 Å². The number of nitrogens with one attached hydrogen (secondary N) is 1. The number of amides is 1. The Morgan fingerprint density at radius 3 is 2.74 bits per heavy atom. The standard InChI is InChI=1S/C23H24N6OS/c1-17-9-12-28(13-10-17)23-27-26-22(31-23)25-21(30)19(15-24)14-20-8-5-11-29(20)16-18-6-3-2-4-7-18/h2-8,11,14,17H,9-10,12-13,16H2,1H3,(H,25,26,30)/b19-14-. The van der Waals surface area contributed by atoms with Gasteiger partial charge >= 0.3 is 0 Å². The second-order valence-corrected chi connectivity index (χ2v) is 8.69. The Kier molecular flexibility index (Phi) is 6.43. The number of nitrogens with zero attached hydrogens (tertiary/aromatic N) is 5. The number of rotatable bonds is 6. The lowest BCUT2D eigenvalue weighted by Gasteiger charge is -2.29. The van der Waals surface area contributed by atoms with E-state index in [1.807, 2.05) is 59.3 Å². The van der Waals surface area contributed by atoms with Gasteiger partial charge in [-0.15, -0.1) is 10.2 Å². The van der Waals surface area contributed by atoms with Crippen molar-refractivity contribution in [3.63, 3.8) is 0 Å². The molecule has 3 heterocycles. The van der Waals surface area contributed by atoms with E-state index in [1.54, 1.807) is 6.08 Å². The van der Waals surface area contributed by atoms with Crippen molar-refractivity contribution < 1.29 is 4.79 Å². The molecule has 1 N–H and O–H groups in total. The monoisotopic (exact) mass is 432 g/mol. The van der Waals surface area contributed by atoms with Gasteiger partial charge in [0.05, 0.1) is 0 Å². The van der Waals surface area contributed by atoms with Crippen LogP contribution in [0.3, 0.4) is 0 Å². The van der Waals surface area contributed by atoms with Gasteiger partial charge in [0.15, 0.2) is 0 Å². The predicted octanol–water partition coefficient (Wildman–Crippen LogP) is 4.17. The minimum Gasteiger partial charge on any atom is -0.347 e. The number of nitriles is 1. The molecule has 0 bridgehead atoms. The van der Waals surface area contributed by atoms with Crippen molar-refractivity contribution in [2.24, 2.45) is 5.92 Å². The number of benzene rings is 1. The number of carbonyl (C=O) groups is 1. The summed E-state index contributed by atoms with van der Waals surface area (Å²) in [6, 6.07) is 15.8. The molecule has 4 rings (SSSR count). The SMILES string of the molecule is CC1CCN(c2nnc(NC(=O)/C(C#N)=C\c3cccn3Cc3ccccc3)s2)CC1. The van der Waals surface area contributed by atoms with Gasteiger partial charge in [0.25, 0.3) is 5.91 Å². The summed E-state index contributed by atoms with van der Waals surface area (Å²) in [5.74, 6) is 0.248. The van der Waals surface area contributed by atoms with Crippen LogP contribution in [0.4, 0.5) is 10.3 Å². The highest BCUT2D eigenvalue weighted by Crippen LogP contribution is 2.28. The molecule has 8 heteroatoms. The van der Waals surface area contributed by atoms with Crippen LogP contribution < -0.4 is 10.2 Å². The zero-order valence-corrected chi connectivity index (χ0v) is 18.2. The van der Waals surface area contributed by atoms with Gasteiger partial charge in [0.2, 0.25) is 10.3 Å². The van der Waals surface area contributed by atoms with Gasteiger partial charge in [0, 0.05) is 31.5 Å². The molecule has 7 nitrogen and oxygen atoms in total. The molecule has 1 aliphatic heterocycles. The molecule has 1 amide bonds. The summed E-state index contributed by atoms with van der Waals surface area (Å²) in [6.45, 7) is 4.82. The fourth-order valence-electron chi connectivity index (χ4n) is 3.54. The van der Waals surface area contributed by atoms with Gasteiger partial charge in [-0.05, 0) is 42.5 Å². The van der Waals surface area contributed by atoms with Crippen LogP contribution in [0.25, 0.3) is 6.08 Å². The molecule has 1 aliphatic rings. The lowest BCUT2D eigenvalue weighted by atomic mass is 10.00. The lowest BCUT2D eigenvalue weighted by molar-refractivity contribution is -0.112. The van der Waals surface area contributed by atoms with E-state index >= 15 is 0 Å². The Balaban J connectivity index is 1.44. The van der Waals surface area contributed by atoms with E-state index in [0.29, 0.717) is 11.7 Å². The highest BCUT2D eigenvalue weighted by atomic mass is 32.1. The molecule has 158 valence electrons. The molecule has 0 atom stereocenters. The number of piperidine rings is 1. The van der Waals surface area contributed by atoms with Crippen LogP contribution >= 0.6 is 11.3 Å². The number of anilines is 2. The maximum atomic E-state index is 12.7. The highest BCUT2D eigenvalue weighted by Gasteiger charge is 2.20. The Labute approximate surface area is 185 Å². The largest absolute Gasteiger partial charge is 0.347 e. The van der Waals surface area contributed by atoms with Gasteiger partial charge in [0.1, 0.15) is 11.6 Å². The minimum atomic E-state index is -0.482. The molecule has 1 fully saturated rings. The summed E-state index contributed by atoms with van der Waals surface area (Å²) in [5, 5.41) is 21.8. The van der Waals surface area contributed by atoms with Crippen molar-refractivity contribution in [3.05, 3.63) is 65.5 Å². The maximum Gasteiger partial charge on any atom is 0.268 e. The molecule has 31 heavy (non-hydrogen) atoms. The zero-order chi connectivity index (χ0) is 21.6. The van der Waals surface area contributed by atoms with E-state index in [2.05, 4.69) is 27.3 Å². The molecule has 0 saturated carbocycles. The Morgan fingerprint density at radius 1 is 1.23 bits per heavy atom. The Morgan fingerprint density at radius 2 is 2.00 bits per heavy atom. The van der Waals surface area contributed by atoms with E-state index < -0.39 is 5.91 Å². The summed E-state index contributed by atoms with van der Waals surface area (Å²) < 4.78 is 2.00. The van der Waals surface area contributed by atoms with Crippen LogP contribution in [0, 0.1) is 17.2 Å². The summed E-state index contributed by atoms with van der Waals surface area (Å²) >= 11 is 1.34. The summed E-state index contributed by atoms with van der Waals surface area (Å²) in [5.41, 5.74) is 1.96. The van der Waals surface area contributed by atoms with Gasteiger partial charge in [-0.3, -0.25) is 10.1 Å². The number of aromatic nitrogens is 3. The van der Waals surface area contributed by atoms with Gasteiger partial charge < -0.3 is 9.47 Å². The normalized spacial score (nSPS) is 15.0. The smallest absolute Gasteiger partial charge is 0.268 e. The molecule has 3 aromatic rings. The van der Waals surface area contributed by atoms with Crippen LogP contribution in [0.15, 0.2) is 54.2 Å². The third-order valence-corrected chi connectivity index (χ3v) is 6.31. The second kappa shape index (κ2) is 9.58. The quantitative estimate of drug-likeness (QED) is 0.467. The van der Waals surface area contributed by atoms with Crippen LogP contribution in [-0.4, -0.2) is 33.8 Å². The Bertz CT molecular complexity index is 1100. The minimum absolute atomic E-state index is 0.0246. The molecule has 0 aliphatic carbocycles. The van der Waals surface area contributed by atoms with Crippen LogP contribution in [0.5, 0.6) is 0 Å². The predicted molar refractivity (Wildman–Crippen MR) is 123 cm³/mol. The van der Waals surface area contributed by atoms with Crippen molar-refractivity contribution in [1.82, 2.24) is 14.8 Å². The molecule has 1 aromatic carbocycles. The van der Waals surface area contributed by atoms with Crippen molar-refractivity contribution in [1.29, 1.82) is 5.26 Å². The van der Waals surface area contributed by atoms with Gasteiger partial charge in [-0.2, -0.15) is 5.26 Å². The van der Waals surface area contributed by atoms with Crippen LogP contribution in [-0.2, 0) is 11.3 Å². The summed E-state index contributed by atoms with van der Waals surface area (Å²) in [4.78, 5) is 14.9. The number of hydrogen-bond acceptors (Lipinski definition) is 6. The molecule has 0 radical (unpaired) electrons. The number of hydrogen-bond donors (Lipinski definition) is 1. The summed E-state index contributed by atoms with van der Waals surface area (Å²) in [7, 11) is 0. The fourth-order valence-corrected chi connectivity index (χ4v) is 4.33. The third kappa shape index (κ3) is 5.19. The van der Waals surface area contributed by atoms with Crippen molar-refractivity contribution in [2.45, 2.75) is 26.3 Å². The maximum absolute atomic E-state index is 12.7. The van der Waals surface area contributed by atoms with Crippen molar-refractivity contribution in [3.8, 4) is 6.07 Å². The summed E-state index contributed by atoms with van der Waals surface area (Å²) in [6.07, 6.45) is 5.80. The van der Waals surface area contributed by atoms with E-state index in [-0.39, 0.29) is 5.57 Å². The lowest BCUT2D eigenvalue weighted by Crippen LogP contribution is -2.32. The molecule has 1 saturated heterocycles. The molecule has 0 spiro atoms. The molecule has 2 aromatic heterocycles. The topological polar surface area (TPSA) is 86.8 Å². The van der Waals surface area contributed by atoms with Crippen molar-refractivity contribution in [2.75, 3.05) is 23.3 Å². The first-order chi connectivity index (χ1) is 15.1. The second-order valence-electron chi connectivity index (χ2n) is 7.73. The third-order valence-electron chi connectivity index (χ3n) is 5.41. The van der Waals surface area contributed by atoms with E-state index in [4.69, 9.17) is 0 Å². The first-order valence-electron chi connectivity index (χ1n) is 10.3. The van der Waals surface area contributed by atoms with Crippen LogP contribution in [0.2, 0.25) is 0 Å². The van der Waals surface area contributed by atoms with E-state index in [1.165, 1.54) is 11.3 Å². The van der Waals surface area contributed by atoms with E-state index in [9.17, 15) is 10.1 Å². The average molecular weight is 433 g/mol. The Hall–Kier alpha value is -3.44. The zero-order valence-electron chi connectivity index (χ0n) is 17.4. The average Bonchev–Trinajstić information content (AvgIpc) is 3.43. The first-order valence-corrected chi connectivity index (χ1v) is 11.1. The van der Waals surface area contributed by atoms with E-state index in [0.717, 1.165) is 48.2 Å².